The molecule has 86 valence electrons. The van der Waals surface area contributed by atoms with Crippen molar-refractivity contribution >= 4 is 11.3 Å². The van der Waals surface area contributed by atoms with Crippen molar-refractivity contribution in [2.45, 2.75) is 26.2 Å². The highest BCUT2D eigenvalue weighted by atomic mass is 32.1. The second-order valence-corrected chi connectivity index (χ2v) is 4.68. The zero-order valence-electron chi connectivity index (χ0n) is 9.41. The Morgan fingerprint density at radius 1 is 1.53 bits per heavy atom. The lowest BCUT2D eigenvalue weighted by atomic mass is 10.1. The maximum Gasteiger partial charge on any atom is 0.0794 e. The molecule has 0 aliphatic rings. The molecular weight excluding hydrogens is 206 g/mol. The first-order valence-corrected chi connectivity index (χ1v) is 6.55. The zero-order valence-corrected chi connectivity index (χ0v) is 10.2. The molecule has 0 aromatic carbocycles. The molecule has 1 heterocycles. The smallest absolute Gasteiger partial charge is 0.0794 e. The van der Waals surface area contributed by atoms with Crippen LogP contribution in [0.1, 0.15) is 25.5 Å². The van der Waals surface area contributed by atoms with Gasteiger partial charge in [-0.05, 0) is 31.8 Å². The van der Waals surface area contributed by atoms with Gasteiger partial charge in [-0.3, -0.25) is 0 Å². The summed E-state index contributed by atoms with van der Waals surface area (Å²) in [5.74, 6) is 0.658. The summed E-state index contributed by atoms with van der Waals surface area (Å²) in [6.45, 7) is 5.13. The van der Waals surface area contributed by atoms with Crippen LogP contribution in [0.15, 0.2) is 10.9 Å². The van der Waals surface area contributed by atoms with Crippen molar-refractivity contribution in [1.29, 1.82) is 0 Å². The third kappa shape index (κ3) is 5.87. The molecule has 0 saturated carbocycles. The average molecular weight is 227 g/mol. The number of rotatable bonds is 8. The molecule has 0 spiro atoms. The van der Waals surface area contributed by atoms with Crippen LogP contribution < -0.4 is 11.1 Å². The Morgan fingerprint density at radius 2 is 2.40 bits per heavy atom. The summed E-state index contributed by atoms with van der Waals surface area (Å²) in [6, 6.07) is 0. The van der Waals surface area contributed by atoms with Crippen LogP contribution in [-0.4, -0.2) is 24.6 Å². The monoisotopic (exact) mass is 227 g/mol. The van der Waals surface area contributed by atoms with Gasteiger partial charge >= 0.3 is 0 Å². The number of hydrogen-bond donors (Lipinski definition) is 2. The summed E-state index contributed by atoms with van der Waals surface area (Å²) in [6.07, 6.45) is 3.48. The number of nitrogens with two attached hydrogens (primary N) is 1. The van der Waals surface area contributed by atoms with Crippen molar-refractivity contribution in [1.82, 2.24) is 10.3 Å². The second kappa shape index (κ2) is 7.79. The SMILES string of the molecule is CC(CN)CCCNCCc1cscn1. The largest absolute Gasteiger partial charge is 0.330 e. The van der Waals surface area contributed by atoms with Gasteiger partial charge in [-0.25, -0.2) is 4.98 Å². The number of hydrogen-bond acceptors (Lipinski definition) is 4. The minimum atomic E-state index is 0.658. The van der Waals surface area contributed by atoms with E-state index in [1.165, 1.54) is 18.5 Å². The molecule has 3 nitrogen and oxygen atoms in total. The number of nitrogens with zero attached hydrogens (tertiary/aromatic N) is 1. The molecule has 0 saturated heterocycles. The molecule has 1 atom stereocenters. The van der Waals surface area contributed by atoms with E-state index in [2.05, 4.69) is 22.6 Å². The Morgan fingerprint density at radius 3 is 3.07 bits per heavy atom. The summed E-state index contributed by atoms with van der Waals surface area (Å²) in [5, 5.41) is 5.54. The second-order valence-electron chi connectivity index (χ2n) is 3.96. The fourth-order valence-corrected chi connectivity index (χ4v) is 1.99. The molecule has 1 unspecified atom stereocenters. The van der Waals surface area contributed by atoms with Crippen molar-refractivity contribution in [3.05, 3.63) is 16.6 Å². The van der Waals surface area contributed by atoms with Gasteiger partial charge in [-0.2, -0.15) is 0 Å². The number of aromatic nitrogens is 1. The fourth-order valence-electron chi connectivity index (χ4n) is 1.40. The van der Waals surface area contributed by atoms with Gasteiger partial charge in [-0.1, -0.05) is 6.92 Å². The van der Waals surface area contributed by atoms with Crippen molar-refractivity contribution < 1.29 is 0 Å². The van der Waals surface area contributed by atoms with Gasteiger partial charge in [0.2, 0.25) is 0 Å². The van der Waals surface area contributed by atoms with Crippen LogP contribution in [0.4, 0.5) is 0 Å². The standard InChI is InChI=1S/C11H21N3S/c1-10(7-12)3-2-5-13-6-4-11-8-15-9-14-11/h8-10,13H,2-7,12H2,1H3. The summed E-state index contributed by atoms with van der Waals surface area (Å²) in [7, 11) is 0. The van der Waals surface area contributed by atoms with Gasteiger partial charge < -0.3 is 11.1 Å². The third-order valence-corrected chi connectivity index (χ3v) is 3.13. The van der Waals surface area contributed by atoms with Crippen LogP contribution in [0, 0.1) is 5.92 Å². The van der Waals surface area contributed by atoms with E-state index in [4.69, 9.17) is 5.73 Å². The summed E-state index contributed by atoms with van der Waals surface area (Å²) >= 11 is 1.66. The van der Waals surface area contributed by atoms with Gasteiger partial charge in [0, 0.05) is 18.3 Å². The quantitative estimate of drug-likeness (QED) is 0.664. The molecule has 1 aromatic heterocycles. The summed E-state index contributed by atoms with van der Waals surface area (Å²) in [5.41, 5.74) is 8.63. The van der Waals surface area contributed by atoms with E-state index in [0.717, 1.165) is 26.1 Å². The molecule has 1 aromatic rings. The maximum absolute atomic E-state index is 5.55. The highest BCUT2D eigenvalue weighted by Gasteiger charge is 1.98. The number of thiazole rings is 1. The molecule has 0 aliphatic heterocycles. The first-order chi connectivity index (χ1) is 7.33. The predicted molar refractivity (Wildman–Crippen MR) is 66.1 cm³/mol. The Labute approximate surface area is 96.1 Å². The molecule has 0 bridgehead atoms. The molecular formula is C11H21N3S. The van der Waals surface area contributed by atoms with Gasteiger partial charge in [0.05, 0.1) is 11.2 Å². The first-order valence-electron chi connectivity index (χ1n) is 5.60. The van der Waals surface area contributed by atoms with Gasteiger partial charge in [0.25, 0.3) is 0 Å². The van der Waals surface area contributed by atoms with E-state index in [-0.39, 0.29) is 0 Å². The minimum Gasteiger partial charge on any atom is -0.330 e. The summed E-state index contributed by atoms with van der Waals surface area (Å²) in [4.78, 5) is 4.24. The van der Waals surface area contributed by atoms with Crippen molar-refractivity contribution in [2.24, 2.45) is 11.7 Å². The molecule has 0 amide bonds. The van der Waals surface area contributed by atoms with Crippen LogP contribution in [0.25, 0.3) is 0 Å². The highest BCUT2D eigenvalue weighted by molar-refractivity contribution is 7.07. The Balaban J connectivity index is 1.89. The van der Waals surface area contributed by atoms with Crippen molar-refractivity contribution in [2.75, 3.05) is 19.6 Å². The topological polar surface area (TPSA) is 50.9 Å². The van der Waals surface area contributed by atoms with E-state index >= 15 is 0 Å². The first kappa shape index (κ1) is 12.6. The molecule has 3 N–H and O–H groups in total. The highest BCUT2D eigenvalue weighted by Crippen LogP contribution is 2.02. The van der Waals surface area contributed by atoms with Crippen LogP contribution in [0.2, 0.25) is 0 Å². The minimum absolute atomic E-state index is 0.658. The van der Waals surface area contributed by atoms with Gasteiger partial charge in [-0.15, -0.1) is 11.3 Å². The van der Waals surface area contributed by atoms with E-state index in [9.17, 15) is 0 Å². The van der Waals surface area contributed by atoms with Gasteiger partial charge in [0.1, 0.15) is 0 Å². The molecule has 0 radical (unpaired) electrons. The van der Waals surface area contributed by atoms with Gasteiger partial charge in [0.15, 0.2) is 0 Å². The lowest BCUT2D eigenvalue weighted by Gasteiger charge is -2.08. The van der Waals surface area contributed by atoms with Crippen molar-refractivity contribution in [3.8, 4) is 0 Å². The van der Waals surface area contributed by atoms with E-state index < -0.39 is 0 Å². The Hall–Kier alpha value is -0.450. The van der Waals surface area contributed by atoms with E-state index in [1.54, 1.807) is 11.3 Å². The molecule has 1 rings (SSSR count). The fraction of sp³-hybridized carbons (Fsp3) is 0.727. The Kier molecular flexibility index (Phi) is 6.55. The van der Waals surface area contributed by atoms with Crippen LogP contribution in [0.5, 0.6) is 0 Å². The van der Waals surface area contributed by atoms with E-state index in [1.807, 2.05) is 5.51 Å². The molecule has 4 heteroatoms. The maximum atomic E-state index is 5.55. The van der Waals surface area contributed by atoms with Crippen LogP contribution >= 0.6 is 11.3 Å². The zero-order chi connectivity index (χ0) is 10.9. The molecule has 0 aliphatic carbocycles. The molecule has 0 fully saturated rings. The van der Waals surface area contributed by atoms with Crippen LogP contribution in [-0.2, 0) is 6.42 Å². The Bertz CT molecular complexity index is 236. The summed E-state index contributed by atoms with van der Waals surface area (Å²) < 4.78 is 0. The van der Waals surface area contributed by atoms with Crippen LogP contribution in [0.3, 0.4) is 0 Å². The number of nitrogens with one attached hydrogen (secondary N) is 1. The lowest BCUT2D eigenvalue weighted by Crippen LogP contribution is -2.20. The van der Waals surface area contributed by atoms with E-state index in [0.29, 0.717) is 5.92 Å². The third-order valence-electron chi connectivity index (χ3n) is 2.49. The van der Waals surface area contributed by atoms with Crippen molar-refractivity contribution in [3.63, 3.8) is 0 Å². The lowest BCUT2D eigenvalue weighted by molar-refractivity contribution is 0.502. The predicted octanol–water partition coefficient (Wildman–Crippen LogP) is 1.65. The molecule has 15 heavy (non-hydrogen) atoms. The average Bonchev–Trinajstić information content (AvgIpc) is 2.75. The normalized spacial score (nSPS) is 12.9.